The zero-order valence-corrected chi connectivity index (χ0v) is 22.2. The number of nitrogens with zero attached hydrogens (tertiary/aromatic N) is 1. The highest BCUT2D eigenvalue weighted by Crippen LogP contribution is 2.39. The van der Waals surface area contributed by atoms with Crippen LogP contribution in [0.15, 0.2) is 64.6 Å². The van der Waals surface area contributed by atoms with Crippen molar-refractivity contribution in [2.45, 2.75) is 44.4 Å². The zero-order valence-electron chi connectivity index (χ0n) is 21.3. The van der Waals surface area contributed by atoms with Crippen LogP contribution < -0.4 is 15.8 Å². The summed E-state index contributed by atoms with van der Waals surface area (Å²) >= 11 is 0. The molecule has 2 aromatic rings. The molecule has 0 atom stereocenters. The van der Waals surface area contributed by atoms with Gasteiger partial charge in [0.25, 0.3) is 5.91 Å². The van der Waals surface area contributed by atoms with Gasteiger partial charge >= 0.3 is 0 Å². The predicted octanol–water partition coefficient (Wildman–Crippen LogP) is 3.27. The summed E-state index contributed by atoms with van der Waals surface area (Å²) in [5.74, 6) is -0.732. The van der Waals surface area contributed by atoms with Crippen LogP contribution in [-0.2, 0) is 14.8 Å². The SMILES string of the molecule is CCN(CC)CCCCCCNS(=O)(=O)c1ccc(C2=C3C(=O)c4ccccc4C(N)=C3C(=O)N2)cc1. The van der Waals surface area contributed by atoms with Crippen LogP contribution in [0.25, 0.3) is 11.4 Å². The van der Waals surface area contributed by atoms with Gasteiger partial charge in [-0.3, -0.25) is 9.59 Å². The van der Waals surface area contributed by atoms with E-state index in [1.807, 2.05) is 0 Å². The molecular weight excluding hydrogens is 488 g/mol. The molecule has 1 aliphatic carbocycles. The molecule has 0 unspecified atom stereocenters. The van der Waals surface area contributed by atoms with E-state index in [0.717, 1.165) is 45.3 Å². The minimum absolute atomic E-state index is 0.128. The van der Waals surface area contributed by atoms with E-state index < -0.39 is 15.9 Å². The fraction of sp³-hybridized carbons (Fsp3) is 0.357. The average molecular weight is 523 g/mol. The number of hydrogen-bond acceptors (Lipinski definition) is 6. The number of rotatable bonds is 12. The molecule has 1 amide bonds. The predicted molar refractivity (Wildman–Crippen MR) is 145 cm³/mol. The molecule has 2 aromatic carbocycles. The Morgan fingerprint density at radius 2 is 1.51 bits per heavy atom. The molecule has 9 heteroatoms. The van der Waals surface area contributed by atoms with Crippen molar-refractivity contribution in [3.05, 3.63) is 76.4 Å². The molecule has 1 aliphatic heterocycles. The van der Waals surface area contributed by atoms with E-state index in [4.69, 9.17) is 5.73 Å². The largest absolute Gasteiger partial charge is 0.398 e. The van der Waals surface area contributed by atoms with Crippen molar-refractivity contribution < 1.29 is 18.0 Å². The molecule has 4 rings (SSSR count). The number of ketones is 1. The van der Waals surface area contributed by atoms with Crippen LogP contribution in [0.4, 0.5) is 0 Å². The normalized spacial score (nSPS) is 15.3. The first kappa shape index (κ1) is 26.8. The third-order valence-electron chi connectivity index (χ3n) is 6.96. The summed E-state index contributed by atoms with van der Waals surface area (Å²) in [6.07, 6.45) is 3.93. The van der Waals surface area contributed by atoms with Crippen molar-refractivity contribution in [1.82, 2.24) is 14.9 Å². The molecule has 0 bridgehead atoms. The molecule has 1 heterocycles. The monoisotopic (exact) mass is 522 g/mol. The number of unbranched alkanes of at least 4 members (excludes halogenated alkanes) is 3. The van der Waals surface area contributed by atoms with E-state index >= 15 is 0 Å². The Morgan fingerprint density at radius 3 is 2.19 bits per heavy atom. The van der Waals surface area contributed by atoms with Crippen molar-refractivity contribution in [2.75, 3.05) is 26.2 Å². The topological polar surface area (TPSA) is 122 Å². The quantitative estimate of drug-likeness (QED) is 0.368. The van der Waals surface area contributed by atoms with Crippen molar-refractivity contribution in [1.29, 1.82) is 0 Å². The molecule has 196 valence electrons. The molecule has 0 saturated carbocycles. The van der Waals surface area contributed by atoms with E-state index in [1.165, 1.54) is 12.1 Å². The lowest BCUT2D eigenvalue weighted by molar-refractivity contribution is -0.115. The summed E-state index contributed by atoms with van der Waals surface area (Å²) in [5, 5.41) is 2.75. The van der Waals surface area contributed by atoms with Gasteiger partial charge in [-0.25, -0.2) is 13.1 Å². The zero-order chi connectivity index (χ0) is 26.6. The van der Waals surface area contributed by atoms with Crippen LogP contribution >= 0.6 is 0 Å². The van der Waals surface area contributed by atoms with Crippen molar-refractivity contribution in [3.8, 4) is 0 Å². The second kappa shape index (κ2) is 11.4. The smallest absolute Gasteiger partial charge is 0.258 e. The van der Waals surface area contributed by atoms with Crippen LogP contribution in [0.5, 0.6) is 0 Å². The lowest BCUT2D eigenvalue weighted by Gasteiger charge is -2.18. The number of benzene rings is 2. The van der Waals surface area contributed by atoms with Crippen LogP contribution in [0.1, 0.15) is 61.0 Å². The van der Waals surface area contributed by atoms with Crippen molar-refractivity contribution >= 4 is 33.1 Å². The highest BCUT2D eigenvalue weighted by atomic mass is 32.2. The van der Waals surface area contributed by atoms with E-state index in [9.17, 15) is 18.0 Å². The summed E-state index contributed by atoms with van der Waals surface area (Å²) in [7, 11) is -3.67. The highest BCUT2D eigenvalue weighted by Gasteiger charge is 2.39. The third-order valence-corrected chi connectivity index (χ3v) is 8.44. The van der Waals surface area contributed by atoms with Gasteiger partial charge in [-0.15, -0.1) is 0 Å². The maximum atomic E-state index is 13.2. The summed E-state index contributed by atoms with van der Waals surface area (Å²) in [6, 6.07) is 13.1. The molecule has 0 saturated heterocycles. The number of carbonyl (C=O) groups is 2. The second-order valence-electron chi connectivity index (χ2n) is 9.23. The Morgan fingerprint density at radius 1 is 0.865 bits per heavy atom. The number of nitrogens with one attached hydrogen (secondary N) is 2. The first-order valence-corrected chi connectivity index (χ1v) is 14.3. The van der Waals surface area contributed by atoms with Crippen molar-refractivity contribution in [2.24, 2.45) is 5.73 Å². The minimum atomic E-state index is -3.67. The molecule has 0 aromatic heterocycles. The Hall–Kier alpha value is -3.27. The lowest BCUT2D eigenvalue weighted by Crippen LogP contribution is -2.25. The maximum Gasteiger partial charge on any atom is 0.258 e. The minimum Gasteiger partial charge on any atom is -0.398 e. The van der Waals surface area contributed by atoms with Gasteiger partial charge in [0.15, 0.2) is 5.78 Å². The van der Waals surface area contributed by atoms with Crippen LogP contribution in [-0.4, -0.2) is 51.2 Å². The van der Waals surface area contributed by atoms with Crippen LogP contribution in [0.2, 0.25) is 0 Å². The van der Waals surface area contributed by atoms with E-state index in [1.54, 1.807) is 36.4 Å². The maximum absolute atomic E-state index is 13.2. The van der Waals surface area contributed by atoms with Gasteiger partial charge in [0.05, 0.1) is 27.4 Å². The van der Waals surface area contributed by atoms with Gasteiger partial charge in [0.2, 0.25) is 10.0 Å². The first-order valence-electron chi connectivity index (χ1n) is 12.8. The number of carbonyl (C=O) groups excluding carboxylic acids is 2. The number of hydrogen-bond donors (Lipinski definition) is 3. The molecule has 0 radical (unpaired) electrons. The average Bonchev–Trinajstić information content (AvgIpc) is 3.26. The van der Waals surface area contributed by atoms with Crippen molar-refractivity contribution in [3.63, 3.8) is 0 Å². The Balaban J connectivity index is 1.42. The van der Waals surface area contributed by atoms with Crippen LogP contribution in [0, 0.1) is 0 Å². The molecule has 0 spiro atoms. The molecule has 37 heavy (non-hydrogen) atoms. The number of nitrogens with two attached hydrogens (primary N) is 1. The fourth-order valence-electron chi connectivity index (χ4n) is 4.81. The van der Waals surface area contributed by atoms with E-state index in [-0.39, 0.29) is 27.5 Å². The molecular formula is C28H34N4O4S. The third kappa shape index (κ3) is 5.53. The van der Waals surface area contributed by atoms with Gasteiger partial charge in [0, 0.05) is 17.7 Å². The fourth-order valence-corrected chi connectivity index (χ4v) is 5.88. The first-order chi connectivity index (χ1) is 17.8. The lowest BCUT2D eigenvalue weighted by atomic mass is 9.84. The Kier molecular flexibility index (Phi) is 8.26. The Labute approximate surface area is 218 Å². The molecule has 2 aliphatic rings. The summed E-state index contributed by atoms with van der Waals surface area (Å²) < 4.78 is 28.2. The summed E-state index contributed by atoms with van der Waals surface area (Å²) in [4.78, 5) is 28.4. The number of sulfonamides is 1. The van der Waals surface area contributed by atoms with Crippen LogP contribution in [0.3, 0.4) is 0 Å². The summed E-state index contributed by atoms with van der Waals surface area (Å²) in [6.45, 7) is 7.87. The van der Waals surface area contributed by atoms with Gasteiger partial charge in [-0.1, -0.05) is 63.1 Å². The number of Topliss-reactive ketones (excluding diaryl/α,β-unsaturated/α-hetero) is 1. The molecule has 4 N–H and O–H groups in total. The number of fused-ring (bicyclic) bond motifs is 2. The van der Waals surface area contributed by atoms with Gasteiger partial charge < -0.3 is 16.0 Å². The summed E-state index contributed by atoms with van der Waals surface area (Å²) in [5.41, 5.74) is 8.74. The van der Waals surface area contributed by atoms with Gasteiger partial charge in [-0.05, 0) is 50.2 Å². The second-order valence-corrected chi connectivity index (χ2v) is 11.0. The molecule has 8 nitrogen and oxygen atoms in total. The van der Waals surface area contributed by atoms with E-state index in [0.29, 0.717) is 28.9 Å². The molecule has 0 fully saturated rings. The van der Waals surface area contributed by atoms with Gasteiger partial charge in [-0.2, -0.15) is 0 Å². The number of amides is 1. The highest BCUT2D eigenvalue weighted by molar-refractivity contribution is 7.89. The standard InChI is InChI=1S/C28H34N4O4S/c1-3-32(4-2)18-10-6-5-9-17-30-37(35,36)20-15-13-19(14-16-20)26-24-23(28(34)31-26)25(29)21-11-7-8-12-22(21)27(24)33/h7-8,11-16,30H,3-6,9-10,17-18,29H2,1-2H3,(H,31,34). The van der Waals surface area contributed by atoms with E-state index in [2.05, 4.69) is 28.8 Å². The van der Waals surface area contributed by atoms with Gasteiger partial charge in [0.1, 0.15) is 0 Å². The Bertz CT molecular complexity index is 1360.